The summed E-state index contributed by atoms with van der Waals surface area (Å²) in [4.78, 5) is 24.2. The molecule has 1 aromatic heterocycles. The Bertz CT molecular complexity index is 494. The van der Waals surface area contributed by atoms with Crippen molar-refractivity contribution < 1.29 is 14.7 Å². The Balaban J connectivity index is 1.87. The van der Waals surface area contributed by atoms with E-state index in [0.29, 0.717) is 12.8 Å². The van der Waals surface area contributed by atoms with Gasteiger partial charge in [0.15, 0.2) is 0 Å². The highest BCUT2D eigenvalue weighted by molar-refractivity contribution is 9.10. The third-order valence-electron chi connectivity index (χ3n) is 3.68. The van der Waals surface area contributed by atoms with E-state index in [4.69, 9.17) is 5.11 Å². The van der Waals surface area contributed by atoms with Gasteiger partial charge in [0.25, 0.3) is 0 Å². The first-order valence-corrected chi connectivity index (χ1v) is 8.42. The SMILES string of the molecule is O=C(O)CC1(NC(=O)CCc2cc(Br)cs2)CCCC1. The molecule has 1 saturated carbocycles. The Morgan fingerprint density at radius 2 is 2.10 bits per heavy atom. The van der Waals surface area contributed by atoms with Crippen LogP contribution in [0.25, 0.3) is 0 Å². The van der Waals surface area contributed by atoms with Crippen molar-refractivity contribution in [3.63, 3.8) is 0 Å². The van der Waals surface area contributed by atoms with Crippen LogP contribution in [0.5, 0.6) is 0 Å². The zero-order valence-electron chi connectivity index (χ0n) is 11.2. The topological polar surface area (TPSA) is 66.4 Å². The van der Waals surface area contributed by atoms with Gasteiger partial charge in [0.05, 0.1) is 12.0 Å². The van der Waals surface area contributed by atoms with Crippen molar-refractivity contribution in [1.29, 1.82) is 0 Å². The van der Waals surface area contributed by atoms with Crippen LogP contribution < -0.4 is 5.32 Å². The number of nitrogens with one attached hydrogen (secondary N) is 1. The van der Waals surface area contributed by atoms with Gasteiger partial charge in [-0.3, -0.25) is 9.59 Å². The second-order valence-electron chi connectivity index (χ2n) is 5.34. The van der Waals surface area contributed by atoms with Gasteiger partial charge >= 0.3 is 5.97 Å². The van der Waals surface area contributed by atoms with Crippen LogP contribution >= 0.6 is 27.3 Å². The van der Waals surface area contributed by atoms with Gasteiger partial charge in [0, 0.05) is 21.2 Å². The predicted molar refractivity (Wildman–Crippen MR) is 81.9 cm³/mol. The van der Waals surface area contributed by atoms with Crippen LogP contribution in [0.15, 0.2) is 15.9 Å². The number of amides is 1. The maximum atomic E-state index is 12.1. The average molecular weight is 360 g/mol. The van der Waals surface area contributed by atoms with E-state index >= 15 is 0 Å². The molecule has 6 heteroatoms. The second-order valence-corrected chi connectivity index (χ2v) is 7.25. The Kier molecular flexibility index (Phi) is 5.21. The quantitative estimate of drug-likeness (QED) is 0.818. The molecule has 110 valence electrons. The molecule has 0 aromatic carbocycles. The lowest BCUT2D eigenvalue weighted by molar-refractivity contribution is -0.139. The minimum Gasteiger partial charge on any atom is -0.481 e. The van der Waals surface area contributed by atoms with E-state index in [1.54, 1.807) is 11.3 Å². The maximum Gasteiger partial charge on any atom is 0.305 e. The molecule has 0 saturated heterocycles. The van der Waals surface area contributed by atoms with Crippen LogP contribution in [0.3, 0.4) is 0 Å². The standard InChI is InChI=1S/C14H18BrNO3S/c15-10-7-11(20-9-10)3-4-12(17)16-14(8-13(18)19)5-1-2-6-14/h7,9H,1-6,8H2,(H,16,17)(H,18,19). The Hall–Kier alpha value is -0.880. The number of carboxylic acid groups (broad SMARTS) is 1. The van der Waals surface area contributed by atoms with Crippen molar-refractivity contribution in [2.75, 3.05) is 0 Å². The lowest BCUT2D eigenvalue weighted by atomic mass is 9.93. The number of carbonyl (C=O) groups is 2. The summed E-state index contributed by atoms with van der Waals surface area (Å²) < 4.78 is 1.04. The first-order chi connectivity index (χ1) is 9.49. The van der Waals surface area contributed by atoms with Gasteiger partial charge < -0.3 is 10.4 Å². The summed E-state index contributed by atoms with van der Waals surface area (Å²) in [6.07, 6.45) is 4.67. The van der Waals surface area contributed by atoms with Gasteiger partial charge in [-0.25, -0.2) is 0 Å². The second kappa shape index (κ2) is 6.72. The van der Waals surface area contributed by atoms with E-state index in [0.717, 1.165) is 35.0 Å². The number of rotatable bonds is 6. The van der Waals surface area contributed by atoms with Crippen LogP contribution in [0, 0.1) is 0 Å². The number of hydrogen-bond donors (Lipinski definition) is 2. The molecule has 20 heavy (non-hydrogen) atoms. The van der Waals surface area contributed by atoms with Crippen LogP contribution in [-0.2, 0) is 16.0 Å². The number of carbonyl (C=O) groups excluding carboxylic acids is 1. The summed E-state index contributed by atoms with van der Waals surface area (Å²) in [5.41, 5.74) is -0.515. The average Bonchev–Trinajstić information content (AvgIpc) is 2.95. The fourth-order valence-electron chi connectivity index (χ4n) is 2.77. The predicted octanol–water partition coefficient (Wildman–Crippen LogP) is 3.35. The monoisotopic (exact) mass is 359 g/mol. The third kappa shape index (κ3) is 4.31. The Labute approximate surface area is 130 Å². The molecule has 1 heterocycles. The first-order valence-electron chi connectivity index (χ1n) is 6.75. The van der Waals surface area contributed by atoms with Gasteiger partial charge in [0.1, 0.15) is 0 Å². The van der Waals surface area contributed by atoms with E-state index in [2.05, 4.69) is 21.2 Å². The van der Waals surface area contributed by atoms with Crippen molar-refractivity contribution in [3.8, 4) is 0 Å². The summed E-state index contributed by atoms with van der Waals surface area (Å²) in [5, 5.41) is 14.0. The Morgan fingerprint density at radius 3 is 2.65 bits per heavy atom. The molecule has 0 radical (unpaired) electrons. The van der Waals surface area contributed by atoms with E-state index in [1.165, 1.54) is 0 Å². The van der Waals surface area contributed by atoms with Crippen molar-refractivity contribution in [2.45, 2.75) is 50.5 Å². The van der Waals surface area contributed by atoms with E-state index in [-0.39, 0.29) is 12.3 Å². The normalized spacial score (nSPS) is 17.1. The van der Waals surface area contributed by atoms with Crippen molar-refractivity contribution in [1.82, 2.24) is 5.32 Å². The largest absolute Gasteiger partial charge is 0.481 e. The molecule has 0 bridgehead atoms. The molecule has 1 aliphatic rings. The van der Waals surface area contributed by atoms with Gasteiger partial charge in [-0.1, -0.05) is 12.8 Å². The summed E-state index contributed by atoms with van der Waals surface area (Å²) in [5.74, 6) is -0.882. The van der Waals surface area contributed by atoms with Crippen molar-refractivity contribution >= 4 is 39.1 Å². The summed E-state index contributed by atoms with van der Waals surface area (Å²) in [6.45, 7) is 0. The van der Waals surface area contributed by atoms with Gasteiger partial charge in [-0.2, -0.15) is 0 Å². The number of hydrogen-bond acceptors (Lipinski definition) is 3. The number of thiophene rings is 1. The van der Waals surface area contributed by atoms with Gasteiger partial charge in [0.2, 0.25) is 5.91 Å². The number of carboxylic acids is 1. The molecule has 2 rings (SSSR count). The smallest absolute Gasteiger partial charge is 0.305 e. The molecular weight excluding hydrogens is 342 g/mol. The van der Waals surface area contributed by atoms with E-state index < -0.39 is 11.5 Å². The molecule has 0 unspecified atom stereocenters. The molecule has 1 aliphatic carbocycles. The van der Waals surface area contributed by atoms with Gasteiger partial charge in [-0.05, 0) is 41.3 Å². The molecule has 1 aromatic rings. The lowest BCUT2D eigenvalue weighted by Gasteiger charge is -2.28. The minimum atomic E-state index is -0.839. The van der Waals surface area contributed by atoms with Crippen LogP contribution in [0.1, 0.15) is 43.4 Å². The number of aliphatic carboxylic acids is 1. The highest BCUT2D eigenvalue weighted by Gasteiger charge is 2.37. The molecule has 1 fully saturated rings. The number of aryl methyl sites for hydroxylation is 1. The third-order valence-corrected chi connectivity index (χ3v) is 5.43. The van der Waals surface area contributed by atoms with Crippen molar-refractivity contribution in [2.24, 2.45) is 0 Å². The number of halogens is 1. The van der Waals surface area contributed by atoms with Crippen LogP contribution in [0.4, 0.5) is 0 Å². The highest BCUT2D eigenvalue weighted by atomic mass is 79.9. The lowest BCUT2D eigenvalue weighted by Crippen LogP contribution is -2.47. The molecule has 2 N–H and O–H groups in total. The minimum absolute atomic E-state index is 0.0310. The zero-order chi connectivity index (χ0) is 14.6. The Morgan fingerprint density at radius 1 is 1.40 bits per heavy atom. The van der Waals surface area contributed by atoms with Crippen LogP contribution in [-0.4, -0.2) is 22.5 Å². The summed E-state index contributed by atoms with van der Waals surface area (Å²) in [7, 11) is 0. The summed E-state index contributed by atoms with van der Waals surface area (Å²) in [6, 6.07) is 2.01. The molecule has 0 aliphatic heterocycles. The molecule has 0 spiro atoms. The molecule has 0 atom stereocenters. The van der Waals surface area contributed by atoms with Crippen molar-refractivity contribution in [3.05, 3.63) is 20.8 Å². The van der Waals surface area contributed by atoms with Crippen LogP contribution in [0.2, 0.25) is 0 Å². The maximum absolute atomic E-state index is 12.1. The molecule has 4 nitrogen and oxygen atoms in total. The summed E-state index contributed by atoms with van der Waals surface area (Å²) >= 11 is 5.01. The molecular formula is C14H18BrNO3S. The highest BCUT2D eigenvalue weighted by Crippen LogP contribution is 2.32. The first kappa shape index (κ1) is 15.5. The zero-order valence-corrected chi connectivity index (χ0v) is 13.6. The fourth-order valence-corrected chi connectivity index (χ4v) is 4.22. The van der Waals surface area contributed by atoms with Gasteiger partial charge in [-0.15, -0.1) is 11.3 Å². The van der Waals surface area contributed by atoms with E-state index in [9.17, 15) is 9.59 Å². The molecule has 1 amide bonds. The van der Waals surface area contributed by atoms with E-state index in [1.807, 2.05) is 11.4 Å². The fraction of sp³-hybridized carbons (Fsp3) is 0.571.